The Balaban J connectivity index is 1.67. The Hall–Kier alpha value is -3.15. The number of carbonyl (C=O) groups excluding carboxylic acids is 1. The standard InChI is InChI=1S/C21H19FN2O3/c1-12-5-3-4-6-15(12)20-19(13(2)27-24-20)21(25)23-17-9-10-26-18-8-7-14(22)11-16(17)18/h3-8,11,17H,9-10H2,1-2H3,(H,23,25). The van der Waals surface area contributed by atoms with Crippen LogP contribution in [0.3, 0.4) is 0 Å². The zero-order valence-electron chi connectivity index (χ0n) is 15.1. The highest BCUT2D eigenvalue weighted by Crippen LogP contribution is 2.34. The second kappa shape index (κ2) is 6.87. The van der Waals surface area contributed by atoms with Gasteiger partial charge in [-0.1, -0.05) is 29.4 Å². The maximum Gasteiger partial charge on any atom is 0.257 e. The highest BCUT2D eigenvalue weighted by atomic mass is 19.1. The van der Waals surface area contributed by atoms with Crippen molar-refractivity contribution in [3.63, 3.8) is 0 Å². The van der Waals surface area contributed by atoms with Gasteiger partial charge in [0, 0.05) is 17.5 Å². The molecule has 2 heterocycles. The molecule has 2 aromatic carbocycles. The fourth-order valence-electron chi connectivity index (χ4n) is 3.41. The van der Waals surface area contributed by atoms with Crippen LogP contribution in [0.4, 0.5) is 4.39 Å². The van der Waals surface area contributed by atoms with Gasteiger partial charge >= 0.3 is 0 Å². The number of carbonyl (C=O) groups is 1. The van der Waals surface area contributed by atoms with Crippen LogP contribution in [-0.2, 0) is 0 Å². The number of nitrogens with one attached hydrogen (secondary N) is 1. The molecule has 27 heavy (non-hydrogen) atoms. The predicted octanol–water partition coefficient (Wildman–Crippen LogP) is 4.35. The average molecular weight is 366 g/mol. The first-order valence-electron chi connectivity index (χ1n) is 8.80. The minimum absolute atomic E-state index is 0.297. The second-order valence-electron chi connectivity index (χ2n) is 6.62. The fraction of sp³-hybridized carbons (Fsp3) is 0.238. The molecule has 0 bridgehead atoms. The van der Waals surface area contributed by atoms with Gasteiger partial charge in [-0.25, -0.2) is 4.39 Å². The Morgan fingerprint density at radius 2 is 2.04 bits per heavy atom. The molecule has 6 heteroatoms. The molecule has 3 aromatic rings. The lowest BCUT2D eigenvalue weighted by Crippen LogP contribution is -2.32. The van der Waals surface area contributed by atoms with E-state index in [2.05, 4.69) is 10.5 Å². The van der Waals surface area contributed by atoms with E-state index in [1.54, 1.807) is 13.0 Å². The van der Waals surface area contributed by atoms with Crippen molar-refractivity contribution in [1.29, 1.82) is 0 Å². The number of aryl methyl sites for hydroxylation is 2. The number of fused-ring (bicyclic) bond motifs is 1. The lowest BCUT2D eigenvalue weighted by atomic mass is 9.98. The minimum Gasteiger partial charge on any atom is -0.493 e. The molecule has 4 rings (SSSR count). The van der Waals surface area contributed by atoms with E-state index in [-0.39, 0.29) is 17.8 Å². The summed E-state index contributed by atoms with van der Waals surface area (Å²) in [4.78, 5) is 13.0. The normalized spacial score (nSPS) is 15.7. The van der Waals surface area contributed by atoms with Gasteiger partial charge in [-0.05, 0) is 37.6 Å². The molecule has 1 N–H and O–H groups in total. The first-order chi connectivity index (χ1) is 13.0. The third-order valence-electron chi connectivity index (χ3n) is 4.81. The van der Waals surface area contributed by atoms with Crippen LogP contribution in [0.15, 0.2) is 47.0 Å². The van der Waals surface area contributed by atoms with Crippen LogP contribution in [-0.4, -0.2) is 17.7 Å². The predicted molar refractivity (Wildman–Crippen MR) is 98.1 cm³/mol. The summed E-state index contributed by atoms with van der Waals surface area (Å²) in [5.41, 5.74) is 3.39. The summed E-state index contributed by atoms with van der Waals surface area (Å²) >= 11 is 0. The zero-order chi connectivity index (χ0) is 19.0. The molecule has 0 fully saturated rings. The number of aromatic nitrogens is 1. The summed E-state index contributed by atoms with van der Waals surface area (Å²) in [5, 5.41) is 7.09. The van der Waals surface area contributed by atoms with E-state index in [1.165, 1.54) is 12.1 Å². The van der Waals surface area contributed by atoms with E-state index >= 15 is 0 Å². The summed E-state index contributed by atoms with van der Waals surface area (Å²) in [6, 6.07) is 11.7. The van der Waals surface area contributed by atoms with Crippen LogP contribution in [0, 0.1) is 19.7 Å². The van der Waals surface area contributed by atoms with Gasteiger partial charge in [0.05, 0.1) is 12.6 Å². The SMILES string of the molecule is Cc1ccccc1-c1noc(C)c1C(=O)NC1CCOc2ccc(F)cc21. The van der Waals surface area contributed by atoms with Crippen molar-refractivity contribution >= 4 is 5.91 Å². The van der Waals surface area contributed by atoms with E-state index < -0.39 is 0 Å². The first kappa shape index (κ1) is 17.3. The number of amides is 1. The third kappa shape index (κ3) is 3.18. The van der Waals surface area contributed by atoms with Crippen molar-refractivity contribution in [2.24, 2.45) is 0 Å². The molecule has 1 amide bonds. The van der Waals surface area contributed by atoms with Crippen molar-refractivity contribution < 1.29 is 18.4 Å². The molecular weight excluding hydrogens is 347 g/mol. The largest absolute Gasteiger partial charge is 0.493 e. The van der Waals surface area contributed by atoms with Crippen molar-refractivity contribution in [1.82, 2.24) is 10.5 Å². The molecule has 1 atom stereocenters. The van der Waals surface area contributed by atoms with E-state index in [9.17, 15) is 9.18 Å². The number of rotatable bonds is 3. The number of hydrogen-bond acceptors (Lipinski definition) is 4. The van der Waals surface area contributed by atoms with Gasteiger partial charge in [0.1, 0.15) is 28.6 Å². The first-order valence-corrected chi connectivity index (χ1v) is 8.80. The number of hydrogen-bond donors (Lipinski definition) is 1. The second-order valence-corrected chi connectivity index (χ2v) is 6.62. The summed E-state index contributed by atoms with van der Waals surface area (Å²) in [6.07, 6.45) is 0.562. The van der Waals surface area contributed by atoms with Gasteiger partial charge in [-0.3, -0.25) is 4.79 Å². The van der Waals surface area contributed by atoms with Gasteiger partial charge in [0.2, 0.25) is 0 Å². The van der Waals surface area contributed by atoms with E-state index in [0.29, 0.717) is 41.4 Å². The lowest BCUT2D eigenvalue weighted by Gasteiger charge is -2.26. The highest BCUT2D eigenvalue weighted by Gasteiger charge is 2.28. The summed E-state index contributed by atoms with van der Waals surface area (Å²) in [7, 11) is 0. The van der Waals surface area contributed by atoms with Gasteiger partial charge in [-0.15, -0.1) is 0 Å². The monoisotopic (exact) mass is 366 g/mol. The van der Waals surface area contributed by atoms with Crippen LogP contribution >= 0.6 is 0 Å². The van der Waals surface area contributed by atoms with Gasteiger partial charge in [0.25, 0.3) is 5.91 Å². The van der Waals surface area contributed by atoms with Crippen LogP contribution in [0.5, 0.6) is 5.75 Å². The number of nitrogens with zero attached hydrogens (tertiary/aromatic N) is 1. The molecule has 5 nitrogen and oxygen atoms in total. The van der Waals surface area contributed by atoms with Gasteiger partial charge in [0.15, 0.2) is 0 Å². The van der Waals surface area contributed by atoms with Crippen LogP contribution in [0.1, 0.15) is 39.7 Å². The molecule has 0 spiro atoms. The number of ether oxygens (including phenoxy) is 1. The molecule has 1 aliphatic heterocycles. The molecule has 0 radical (unpaired) electrons. The summed E-state index contributed by atoms with van der Waals surface area (Å²) < 4.78 is 24.6. The molecule has 0 saturated heterocycles. The Kier molecular flexibility index (Phi) is 4.39. The third-order valence-corrected chi connectivity index (χ3v) is 4.81. The molecular formula is C21H19FN2O3. The molecule has 1 aliphatic rings. The molecule has 1 aromatic heterocycles. The van der Waals surface area contributed by atoms with Gasteiger partial charge < -0.3 is 14.6 Å². The maximum absolute atomic E-state index is 13.7. The number of benzene rings is 2. The molecule has 1 unspecified atom stereocenters. The molecule has 138 valence electrons. The van der Waals surface area contributed by atoms with Crippen molar-refractivity contribution in [3.8, 4) is 17.0 Å². The van der Waals surface area contributed by atoms with E-state index in [4.69, 9.17) is 9.26 Å². The van der Waals surface area contributed by atoms with Crippen molar-refractivity contribution in [2.75, 3.05) is 6.61 Å². The minimum atomic E-state index is -0.361. The Labute approximate surface area is 156 Å². The van der Waals surface area contributed by atoms with Crippen LogP contribution in [0.25, 0.3) is 11.3 Å². The topological polar surface area (TPSA) is 64.4 Å². The van der Waals surface area contributed by atoms with Crippen molar-refractivity contribution in [3.05, 3.63) is 70.7 Å². The van der Waals surface area contributed by atoms with Crippen molar-refractivity contribution in [2.45, 2.75) is 26.3 Å². The Morgan fingerprint density at radius 3 is 2.85 bits per heavy atom. The summed E-state index contributed by atoms with van der Waals surface area (Å²) in [5.74, 6) is 0.376. The maximum atomic E-state index is 13.7. The number of halogens is 1. The van der Waals surface area contributed by atoms with Crippen LogP contribution in [0.2, 0.25) is 0 Å². The fourth-order valence-corrected chi connectivity index (χ4v) is 3.41. The average Bonchev–Trinajstić information content (AvgIpc) is 3.04. The van der Waals surface area contributed by atoms with Crippen LogP contribution < -0.4 is 10.1 Å². The zero-order valence-corrected chi connectivity index (χ0v) is 15.1. The highest BCUT2D eigenvalue weighted by molar-refractivity contribution is 6.01. The Bertz CT molecular complexity index is 1010. The van der Waals surface area contributed by atoms with Gasteiger partial charge in [-0.2, -0.15) is 0 Å². The lowest BCUT2D eigenvalue weighted by molar-refractivity contribution is 0.0923. The summed E-state index contributed by atoms with van der Waals surface area (Å²) in [6.45, 7) is 4.12. The van der Waals surface area contributed by atoms with E-state index in [1.807, 2.05) is 31.2 Å². The molecule has 0 saturated carbocycles. The Morgan fingerprint density at radius 1 is 1.22 bits per heavy atom. The quantitative estimate of drug-likeness (QED) is 0.748. The molecule has 0 aliphatic carbocycles. The smallest absolute Gasteiger partial charge is 0.257 e. The van der Waals surface area contributed by atoms with E-state index in [0.717, 1.165) is 11.1 Å².